The van der Waals surface area contributed by atoms with Crippen LogP contribution in [0.2, 0.25) is 0 Å². The minimum atomic E-state index is -0.878. The molecule has 0 aliphatic heterocycles. The lowest BCUT2D eigenvalue weighted by molar-refractivity contribution is -0.120. The molecule has 2 aliphatic rings. The molecule has 114 valence electrons. The number of thiophene rings is 1. The third-order valence-electron chi connectivity index (χ3n) is 4.44. The van der Waals surface area contributed by atoms with Gasteiger partial charge in [0.2, 0.25) is 5.91 Å². The summed E-state index contributed by atoms with van der Waals surface area (Å²) < 4.78 is 0. The largest absolute Gasteiger partial charge is 0.477 e. The highest BCUT2D eigenvalue weighted by Crippen LogP contribution is 2.45. The zero-order valence-corrected chi connectivity index (χ0v) is 12.9. The Morgan fingerprint density at radius 2 is 1.76 bits per heavy atom. The van der Waals surface area contributed by atoms with Gasteiger partial charge in [-0.15, -0.1) is 11.3 Å². The van der Waals surface area contributed by atoms with Crippen molar-refractivity contribution in [3.63, 3.8) is 0 Å². The Labute approximate surface area is 128 Å². The number of carboxylic acid groups (broad SMARTS) is 1. The summed E-state index contributed by atoms with van der Waals surface area (Å²) in [6, 6.07) is 1.88. The number of anilines is 1. The molecule has 3 rings (SSSR count). The maximum Gasteiger partial charge on any atom is 0.346 e. The highest BCUT2D eigenvalue weighted by atomic mass is 32.1. The smallest absolute Gasteiger partial charge is 0.346 e. The summed E-state index contributed by atoms with van der Waals surface area (Å²) in [5.74, 6) is -0.336. The predicted octanol–water partition coefficient (Wildman–Crippen LogP) is 4.23. The van der Waals surface area contributed by atoms with Gasteiger partial charge >= 0.3 is 5.97 Å². The standard InChI is InChI=1S/C16H21NO3S/c18-15(11-5-3-1-2-4-6-11)17-13-9-12(10-7-8-10)14(21-13)16(19)20/h9-11H,1-8H2,(H,17,18)(H,19,20). The number of carbonyl (C=O) groups excluding carboxylic acids is 1. The van der Waals surface area contributed by atoms with E-state index in [0.717, 1.165) is 44.1 Å². The Bertz CT molecular complexity index is 540. The van der Waals surface area contributed by atoms with E-state index in [4.69, 9.17) is 0 Å². The second-order valence-electron chi connectivity index (χ2n) is 6.15. The molecule has 4 nitrogen and oxygen atoms in total. The molecule has 0 unspecified atom stereocenters. The molecular formula is C16H21NO3S. The minimum Gasteiger partial charge on any atom is -0.477 e. The highest BCUT2D eigenvalue weighted by Gasteiger charge is 2.31. The van der Waals surface area contributed by atoms with Crippen molar-refractivity contribution < 1.29 is 14.7 Å². The first-order chi connectivity index (χ1) is 10.1. The number of hydrogen-bond acceptors (Lipinski definition) is 3. The normalized spacial score (nSPS) is 20.0. The first-order valence-corrected chi connectivity index (χ1v) is 8.64. The van der Waals surface area contributed by atoms with Crippen molar-refractivity contribution in [2.45, 2.75) is 57.3 Å². The SMILES string of the molecule is O=C(O)c1sc(NC(=O)C2CCCCCC2)cc1C1CC1. The molecule has 21 heavy (non-hydrogen) atoms. The van der Waals surface area contributed by atoms with Gasteiger partial charge in [-0.3, -0.25) is 4.79 Å². The Kier molecular flexibility index (Phi) is 4.29. The molecule has 0 aromatic carbocycles. The van der Waals surface area contributed by atoms with Gasteiger partial charge in [-0.1, -0.05) is 25.7 Å². The number of carboxylic acids is 1. The fourth-order valence-corrected chi connectivity index (χ4v) is 4.08. The van der Waals surface area contributed by atoms with Gasteiger partial charge in [0.1, 0.15) is 4.88 Å². The lowest BCUT2D eigenvalue weighted by Gasteiger charge is -2.12. The molecule has 2 N–H and O–H groups in total. The first kappa shape index (κ1) is 14.6. The van der Waals surface area contributed by atoms with E-state index in [-0.39, 0.29) is 11.8 Å². The van der Waals surface area contributed by atoms with Gasteiger partial charge in [0.25, 0.3) is 0 Å². The third-order valence-corrected chi connectivity index (χ3v) is 5.50. The molecule has 1 amide bonds. The van der Waals surface area contributed by atoms with E-state index >= 15 is 0 Å². The topological polar surface area (TPSA) is 66.4 Å². The summed E-state index contributed by atoms with van der Waals surface area (Å²) in [5, 5.41) is 12.9. The average molecular weight is 307 g/mol. The minimum absolute atomic E-state index is 0.0671. The molecule has 5 heteroatoms. The van der Waals surface area contributed by atoms with Gasteiger partial charge in [0.05, 0.1) is 5.00 Å². The van der Waals surface area contributed by atoms with Gasteiger partial charge < -0.3 is 10.4 Å². The second kappa shape index (κ2) is 6.18. The summed E-state index contributed by atoms with van der Waals surface area (Å²) in [7, 11) is 0. The van der Waals surface area contributed by atoms with E-state index in [9.17, 15) is 14.7 Å². The van der Waals surface area contributed by atoms with Crippen LogP contribution in [0.25, 0.3) is 0 Å². The van der Waals surface area contributed by atoms with E-state index in [2.05, 4.69) is 5.32 Å². The number of hydrogen-bond donors (Lipinski definition) is 2. The summed E-state index contributed by atoms with van der Waals surface area (Å²) in [5.41, 5.74) is 0.906. The average Bonchev–Trinajstić information content (AvgIpc) is 3.24. The predicted molar refractivity (Wildman–Crippen MR) is 83.1 cm³/mol. The molecular weight excluding hydrogens is 286 g/mol. The van der Waals surface area contributed by atoms with Crippen LogP contribution in [-0.4, -0.2) is 17.0 Å². The van der Waals surface area contributed by atoms with Crippen LogP contribution in [0.5, 0.6) is 0 Å². The van der Waals surface area contributed by atoms with Gasteiger partial charge in [-0.2, -0.15) is 0 Å². The fourth-order valence-electron chi connectivity index (χ4n) is 3.10. The molecule has 1 aromatic heterocycles. The lowest BCUT2D eigenvalue weighted by atomic mass is 10.00. The van der Waals surface area contributed by atoms with Crippen molar-refractivity contribution in [3.05, 3.63) is 16.5 Å². The molecule has 2 fully saturated rings. The van der Waals surface area contributed by atoms with Crippen LogP contribution in [0, 0.1) is 5.92 Å². The molecule has 0 bridgehead atoms. The van der Waals surface area contributed by atoms with E-state index in [1.807, 2.05) is 6.07 Å². The Balaban J connectivity index is 1.70. The monoisotopic (exact) mass is 307 g/mol. The Morgan fingerprint density at radius 1 is 1.10 bits per heavy atom. The van der Waals surface area contributed by atoms with Crippen molar-refractivity contribution >= 4 is 28.2 Å². The summed E-state index contributed by atoms with van der Waals surface area (Å²) in [4.78, 5) is 24.0. The van der Waals surface area contributed by atoms with Gasteiger partial charge in [-0.25, -0.2) is 4.79 Å². The number of rotatable bonds is 4. The van der Waals surface area contributed by atoms with Crippen LogP contribution in [0.3, 0.4) is 0 Å². The van der Waals surface area contributed by atoms with Crippen molar-refractivity contribution in [2.24, 2.45) is 5.92 Å². The van der Waals surface area contributed by atoms with Crippen molar-refractivity contribution in [1.82, 2.24) is 0 Å². The summed E-state index contributed by atoms with van der Waals surface area (Å²) in [6.07, 6.45) is 8.72. The van der Waals surface area contributed by atoms with Crippen molar-refractivity contribution in [1.29, 1.82) is 0 Å². The fraction of sp³-hybridized carbons (Fsp3) is 0.625. The van der Waals surface area contributed by atoms with E-state index < -0.39 is 5.97 Å². The van der Waals surface area contributed by atoms with Crippen LogP contribution < -0.4 is 5.32 Å². The van der Waals surface area contributed by atoms with E-state index in [1.165, 1.54) is 24.2 Å². The second-order valence-corrected chi connectivity index (χ2v) is 7.20. The molecule has 0 radical (unpaired) electrons. The summed E-state index contributed by atoms with van der Waals surface area (Å²) >= 11 is 1.20. The molecule has 0 spiro atoms. The molecule has 2 aliphatic carbocycles. The maximum absolute atomic E-state index is 12.3. The van der Waals surface area contributed by atoms with Crippen molar-refractivity contribution in [2.75, 3.05) is 5.32 Å². The number of nitrogens with one attached hydrogen (secondary N) is 1. The summed E-state index contributed by atoms with van der Waals surface area (Å²) in [6.45, 7) is 0. The van der Waals surface area contributed by atoms with Crippen LogP contribution in [0.1, 0.15) is 72.5 Å². The van der Waals surface area contributed by atoms with E-state index in [0.29, 0.717) is 15.8 Å². The Hall–Kier alpha value is -1.36. The van der Waals surface area contributed by atoms with Crippen LogP contribution >= 0.6 is 11.3 Å². The Morgan fingerprint density at radius 3 is 2.33 bits per heavy atom. The maximum atomic E-state index is 12.3. The number of carbonyl (C=O) groups is 2. The van der Waals surface area contributed by atoms with Crippen LogP contribution in [0.4, 0.5) is 5.00 Å². The molecule has 0 atom stereocenters. The van der Waals surface area contributed by atoms with Gasteiger partial charge in [0, 0.05) is 5.92 Å². The van der Waals surface area contributed by atoms with E-state index in [1.54, 1.807) is 0 Å². The zero-order valence-electron chi connectivity index (χ0n) is 12.1. The molecule has 1 aromatic rings. The third kappa shape index (κ3) is 3.46. The lowest BCUT2D eigenvalue weighted by Crippen LogP contribution is -2.21. The van der Waals surface area contributed by atoms with Gasteiger partial charge in [-0.05, 0) is 43.2 Å². The van der Waals surface area contributed by atoms with Crippen molar-refractivity contribution in [3.8, 4) is 0 Å². The number of aromatic carboxylic acids is 1. The quantitative estimate of drug-likeness (QED) is 0.818. The van der Waals surface area contributed by atoms with Crippen LogP contribution in [0.15, 0.2) is 6.07 Å². The first-order valence-electron chi connectivity index (χ1n) is 7.83. The highest BCUT2D eigenvalue weighted by molar-refractivity contribution is 7.18. The molecule has 1 heterocycles. The molecule has 2 saturated carbocycles. The molecule has 0 saturated heterocycles. The van der Waals surface area contributed by atoms with Crippen LogP contribution in [-0.2, 0) is 4.79 Å². The zero-order chi connectivity index (χ0) is 14.8. The van der Waals surface area contributed by atoms with Gasteiger partial charge in [0.15, 0.2) is 0 Å². The number of amides is 1.